The van der Waals surface area contributed by atoms with Crippen molar-refractivity contribution >= 4 is 11.6 Å². The summed E-state index contributed by atoms with van der Waals surface area (Å²) in [4.78, 5) is 27.2. The molecule has 33 heavy (non-hydrogen) atoms. The summed E-state index contributed by atoms with van der Waals surface area (Å²) < 4.78 is 17.0. The number of anilines is 1. The van der Waals surface area contributed by atoms with Crippen LogP contribution in [0.2, 0.25) is 0 Å². The lowest BCUT2D eigenvalue weighted by atomic mass is 9.95. The summed E-state index contributed by atoms with van der Waals surface area (Å²) in [6.07, 6.45) is 1.29. The van der Waals surface area contributed by atoms with Gasteiger partial charge in [0, 0.05) is 25.6 Å². The van der Waals surface area contributed by atoms with Crippen molar-refractivity contribution in [2.75, 3.05) is 53.8 Å². The Morgan fingerprint density at radius 2 is 1.82 bits per heavy atom. The van der Waals surface area contributed by atoms with Crippen LogP contribution in [0.15, 0.2) is 29.1 Å². The van der Waals surface area contributed by atoms with E-state index in [4.69, 9.17) is 14.2 Å². The molecule has 3 rings (SSSR count). The Hall–Kier alpha value is -3.26. The average molecular weight is 456 g/mol. The zero-order valence-electron chi connectivity index (χ0n) is 20.2. The second-order valence-electron chi connectivity index (χ2n) is 8.33. The maximum absolute atomic E-state index is 13.1. The summed E-state index contributed by atoms with van der Waals surface area (Å²) in [5.41, 5.74) is 3.78. The van der Waals surface area contributed by atoms with Crippen LogP contribution in [0, 0.1) is 0 Å². The van der Waals surface area contributed by atoms with Crippen molar-refractivity contribution in [3.63, 3.8) is 0 Å². The Bertz CT molecular complexity index is 1080. The number of hydrogen-bond donors (Lipinski definition) is 2. The number of rotatable bonds is 8. The smallest absolute Gasteiger partial charge is 0.217 e. The fraction of sp³-hybridized carbons (Fsp3) is 0.440. The third-order valence-corrected chi connectivity index (χ3v) is 5.79. The first-order valence-electron chi connectivity index (χ1n) is 11.0. The van der Waals surface area contributed by atoms with Crippen molar-refractivity contribution in [3.8, 4) is 28.4 Å². The van der Waals surface area contributed by atoms with E-state index in [0.717, 1.165) is 28.8 Å². The van der Waals surface area contributed by atoms with Gasteiger partial charge in [-0.1, -0.05) is 6.07 Å². The maximum atomic E-state index is 13.1. The first-order chi connectivity index (χ1) is 15.8. The Kier molecular flexibility index (Phi) is 7.81. The van der Waals surface area contributed by atoms with E-state index in [0.29, 0.717) is 42.3 Å². The Morgan fingerprint density at radius 3 is 2.42 bits per heavy atom. The van der Waals surface area contributed by atoms with E-state index in [9.17, 15) is 9.59 Å². The van der Waals surface area contributed by atoms with Crippen LogP contribution in [0.4, 0.5) is 5.69 Å². The lowest BCUT2D eigenvalue weighted by molar-refractivity contribution is -0.119. The zero-order chi connectivity index (χ0) is 24.1. The molecule has 0 heterocycles. The molecule has 1 atom stereocenters. The second kappa shape index (κ2) is 10.6. The number of benzene rings is 1. The molecule has 0 aromatic heterocycles. The Balaban J connectivity index is 2.27. The molecule has 0 saturated heterocycles. The van der Waals surface area contributed by atoms with E-state index in [1.807, 2.05) is 31.1 Å². The highest BCUT2D eigenvalue weighted by Gasteiger charge is 2.29. The van der Waals surface area contributed by atoms with Crippen molar-refractivity contribution in [3.05, 3.63) is 45.6 Å². The van der Waals surface area contributed by atoms with Crippen LogP contribution in [0.3, 0.4) is 0 Å². The van der Waals surface area contributed by atoms with Gasteiger partial charge in [-0.2, -0.15) is 0 Å². The largest absolute Gasteiger partial charge is 0.493 e. The molecule has 1 aliphatic rings. The van der Waals surface area contributed by atoms with Crippen molar-refractivity contribution in [2.45, 2.75) is 25.8 Å². The van der Waals surface area contributed by atoms with Gasteiger partial charge in [0.2, 0.25) is 17.1 Å². The molecule has 0 radical (unpaired) electrons. The molecule has 0 saturated carbocycles. The molecule has 2 aromatic carbocycles. The maximum Gasteiger partial charge on any atom is 0.217 e. The molecule has 1 amide bonds. The van der Waals surface area contributed by atoms with Crippen molar-refractivity contribution in [2.24, 2.45) is 0 Å². The molecule has 0 unspecified atom stereocenters. The zero-order valence-corrected chi connectivity index (χ0v) is 20.2. The predicted molar refractivity (Wildman–Crippen MR) is 130 cm³/mol. The SMILES string of the molecule is COc1cc2c(c(OC)c1OC)-c1ccc(NCCN(C)C)c(=O)cc1[C@H](NC(C)=O)CC2. The standard InChI is InChI=1S/C25H33N3O5/c1-15(29)27-19-9-7-16-13-22(31-4)24(32-5)25(33-6)23(16)17-8-10-20(21(30)14-18(17)19)26-11-12-28(2)3/h8,10,13-14,19H,7,9,11-12H2,1-6H3,(H,26,30)(H,27,29)/t19-/m1/s1. The quantitative estimate of drug-likeness (QED) is 0.633. The van der Waals surface area contributed by atoms with Gasteiger partial charge in [-0.25, -0.2) is 0 Å². The van der Waals surface area contributed by atoms with E-state index in [2.05, 4.69) is 10.6 Å². The summed E-state index contributed by atoms with van der Waals surface area (Å²) in [6, 6.07) is 6.97. The van der Waals surface area contributed by atoms with Crippen LogP contribution < -0.4 is 30.3 Å². The number of likely N-dealkylation sites (N-methyl/N-ethyl adjacent to an activating group) is 1. The number of carbonyl (C=O) groups is 1. The van der Waals surface area contributed by atoms with Crippen molar-refractivity contribution < 1.29 is 19.0 Å². The molecule has 0 spiro atoms. The van der Waals surface area contributed by atoms with Gasteiger partial charge in [-0.15, -0.1) is 0 Å². The summed E-state index contributed by atoms with van der Waals surface area (Å²) in [5.74, 6) is 1.45. The molecule has 0 fully saturated rings. The molecule has 8 nitrogen and oxygen atoms in total. The van der Waals surface area contributed by atoms with Gasteiger partial charge in [-0.05, 0) is 61.8 Å². The van der Waals surface area contributed by atoms with Crippen LogP contribution in [0.25, 0.3) is 11.1 Å². The van der Waals surface area contributed by atoms with Gasteiger partial charge in [0.25, 0.3) is 0 Å². The summed E-state index contributed by atoms with van der Waals surface area (Å²) in [7, 11) is 8.71. The fourth-order valence-corrected chi connectivity index (χ4v) is 4.27. The summed E-state index contributed by atoms with van der Waals surface area (Å²) >= 11 is 0. The van der Waals surface area contributed by atoms with Gasteiger partial charge in [0.15, 0.2) is 11.5 Å². The normalized spacial score (nSPS) is 14.6. The number of hydrogen-bond acceptors (Lipinski definition) is 7. The number of ether oxygens (including phenoxy) is 3. The van der Waals surface area contributed by atoms with Crippen molar-refractivity contribution in [1.82, 2.24) is 10.2 Å². The molecule has 178 valence electrons. The average Bonchev–Trinajstić information content (AvgIpc) is 3.01. The van der Waals surface area contributed by atoms with E-state index in [1.54, 1.807) is 33.5 Å². The number of nitrogens with one attached hydrogen (secondary N) is 2. The lowest BCUT2D eigenvalue weighted by Gasteiger charge is -2.19. The first kappa shape index (κ1) is 24.4. The summed E-state index contributed by atoms with van der Waals surface area (Å²) in [6.45, 7) is 2.91. The van der Waals surface area contributed by atoms with Crippen LogP contribution >= 0.6 is 0 Å². The molecule has 0 aliphatic heterocycles. The molecule has 0 bridgehead atoms. The molecular weight excluding hydrogens is 422 g/mol. The fourth-order valence-electron chi connectivity index (χ4n) is 4.27. The van der Waals surface area contributed by atoms with Gasteiger partial charge in [0.05, 0.1) is 33.1 Å². The van der Waals surface area contributed by atoms with Crippen LogP contribution in [0.1, 0.15) is 30.5 Å². The number of methoxy groups -OCH3 is 3. The van der Waals surface area contributed by atoms with Gasteiger partial charge >= 0.3 is 0 Å². The first-order valence-corrected chi connectivity index (χ1v) is 11.0. The van der Waals surface area contributed by atoms with E-state index in [-0.39, 0.29) is 17.4 Å². The predicted octanol–water partition coefficient (Wildman–Crippen LogP) is 2.84. The van der Waals surface area contributed by atoms with Gasteiger partial charge < -0.3 is 29.7 Å². The number of fused-ring (bicyclic) bond motifs is 3. The number of carbonyl (C=O) groups excluding carboxylic acids is 1. The monoisotopic (exact) mass is 455 g/mol. The molecule has 8 heteroatoms. The molecule has 1 aliphatic carbocycles. The van der Waals surface area contributed by atoms with Gasteiger partial charge in [-0.3, -0.25) is 9.59 Å². The Labute approximate surface area is 194 Å². The van der Waals surface area contributed by atoms with Crippen LogP contribution in [-0.4, -0.2) is 59.3 Å². The summed E-state index contributed by atoms with van der Waals surface area (Å²) in [5, 5.41) is 6.25. The molecule has 2 N–H and O–H groups in total. The minimum Gasteiger partial charge on any atom is -0.493 e. The van der Waals surface area contributed by atoms with E-state index in [1.165, 1.54) is 6.92 Å². The van der Waals surface area contributed by atoms with Crippen LogP contribution in [0.5, 0.6) is 17.2 Å². The third kappa shape index (κ3) is 5.22. The molecular formula is C25H33N3O5. The minimum atomic E-state index is -0.318. The van der Waals surface area contributed by atoms with Crippen molar-refractivity contribution in [1.29, 1.82) is 0 Å². The highest BCUT2D eigenvalue weighted by molar-refractivity contribution is 5.83. The number of amides is 1. The number of aryl methyl sites for hydroxylation is 1. The lowest BCUT2D eigenvalue weighted by Crippen LogP contribution is -2.26. The Morgan fingerprint density at radius 1 is 1.09 bits per heavy atom. The van der Waals surface area contributed by atoms with Gasteiger partial charge in [0.1, 0.15) is 0 Å². The van der Waals surface area contributed by atoms with E-state index < -0.39 is 0 Å². The topological polar surface area (TPSA) is 89.1 Å². The van der Waals surface area contributed by atoms with Crippen LogP contribution in [-0.2, 0) is 11.2 Å². The third-order valence-electron chi connectivity index (χ3n) is 5.79. The highest BCUT2D eigenvalue weighted by Crippen LogP contribution is 2.50. The highest BCUT2D eigenvalue weighted by atomic mass is 16.5. The van der Waals surface area contributed by atoms with E-state index >= 15 is 0 Å². The minimum absolute atomic E-state index is 0.131. The second-order valence-corrected chi connectivity index (χ2v) is 8.33. The molecule has 2 aromatic rings. The number of nitrogens with zero attached hydrogens (tertiary/aromatic N) is 1.